The molecule has 1 amide bonds. The van der Waals surface area contributed by atoms with Gasteiger partial charge in [0.1, 0.15) is 5.82 Å². The monoisotopic (exact) mass is 491 g/mol. The number of ether oxygens (including phenoxy) is 2. The minimum atomic E-state index is -0.869. The predicted octanol–water partition coefficient (Wildman–Crippen LogP) is 5.01. The van der Waals surface area contributed by atoms with Crippen LogP contribution in [-0.4, -0.2) is 53.1 Å². The number of amides is 1. The van der Waals surface area contributed by atoms with Crippen LogP contribution < -0.4 is 4.90 Å². The molecule has 2 aromatic carbocycles. The molecule has 0 saturated carbocycles. The standard InChI is InChI=1S/C28H33N3O5/c1-17-6-4-7-19(14-17)22(27(32)33)15-25-29-26-21-10-9-18(2)30(28(34)35-3)23(21)11-12-24(26)31(25)20-8-5-13-36-16-20/h4,6-7,11-12,14,18,20,22H,5,8-10,13,15-16H2,1-3H3,(H,32,33). The molecular weight excluding hydrogens is 458 g/mol. The summed E-state index contributed by atoms with van der Waals surface area (Å²) >= 11 is 0. The van der Waals surface area contributed by atoms with Gasteiger partial charge in [-0.15, -0.1) is 0 Å². The molecule has 8 nitrogen and oxygen atoms in total. The van der Waals surface area contributed by atoms with E-state index in [0.717, 1.165) is 71.5 Å². The summed E-state index contributed by atoms with van der Waals surface area (Å²) in [4.78, 5) is 31.8. The number of rotatable bonds is 5. The normalized spacial score (nSPS) is 20.7. The Labute approximate surface area is 210 Å². The summed E-state index contributed by atoms with van der Waals surface area (Å²) in [6, 6.07) is 11.8. The number of hydrogen-bond acceptors (Lipinski definition) is 5. The Morgan fingerprint density at radius 3 is 2.78 bits per heavy atom. The Morgan fingerprint density at radius 2 is 2.08 bits per heavy atom. The van der Waals surface area contributed by atoms with Crippen LogP contribution in [0.1, 0.15) is 60.7 Å². The molecule has 3 atom stereocenters. The van der Waals surface area contributed by atoms with E-state index in [1.807, 2.05) is 50.2 Å². The number of anilines is 1. The summed E-state index contributed by atoms with van der Waals surface area (Å²) in [5.74, 6) is -0.842. The van der Waals surface area contributed by atoms with Crippen molar-refractivity contribution in [1.29, 1.82) is 0 Å². The molecule has 0 aliphatic carbocycles. The molecule has 2 aliphatic heterocycles. The quantitative estimate of drug-likeness (QED) is 0.539. The van der Waals surface area contributed by atoms with Crippen LogP contribution in [0.2, 0.25) is 0 Å². The zero-order valence-corrected chi connectivity index (χ0v) is 21.1. The van der Waals surface area contributed by atoms with Gasteiger partial charge in [-0.25, -0.2) is 9.78 Å². The van der Waals surface area contributed by atoms with Gasteiger partial charge in [-0.05, 0) is 57.2 Å². The molecule has 2 aliphatic rings. The molecule has 1 aromatic heterocycles. The number of aromatic nitrogens is 2. The van der Waals surface area contributed by atoms with E-state index in [1.54, 1.807) is 4.90 Å². The largest absolute Gasteiger partial charge is 0.481 e. The van der Waals surface area contributed by atoms with Crippen molar-refractivity contribution in [3.63, 3.8) is 0 Å². The van der Waals surface area contributed by atoms with Gasteiger partial charge in [0.2, 0.25) is 0 Å². The fraction of sp³-hybridized carbons (Fsp3) is 0.464. The van der Waals surface area contributed by atoms with E-state index >= 15 is 0 Å². The number of hydrogen-bond donors (Lipinski definition) is 1. The Balaban J connectivity index is 1.65. The first-order valence-electron chi connectivity index (χ1n) is 12.7. The van der Waals surface area contributed by atoms with Crippen molar-refractivity contribution in [2.75, 3.05) is 25.2 Å². The molecule has 0 spiro atoms. The van der Waals surface area contributed by atoms with Gasteiger partial charge in [-0.3, -0.25) is 9.69 Å². The number of carboxylic acid groups (broad SMARTS) is 1. The second kappa shape index (κ2) is 9.93. The zero-order valence-electron chi connectivity index (χ0n) is 21.1. The molecule has 1 N–H and O–H groups in total. The average molecular weight is 492 g/mol. The van der Waals surface area contributed by atoms with Crippen molar-refractivity contribution < 1.29 is 24.2 Å². The van der Waals surface area contributed by atoms with Gasteiger partial charge in [0.25, 0.3) is 0 Å². The number of carbonyl (C=O) groups excluding carboxylic acids is 1. The van der Waals surface area contributed by atoms with Crippen molar-refractivity contribution in [2.45, 2.75) is 64.0 Å². The third-order valence-electron chi connectivity index (χ3n) is 7.53. The first-order valence-corrected chi connectivity index (χ1v) is 12.7. The number of methoxy groups -OCH3 is 1. The number of carboxylic acids is 1. The van der Waals surface area contributed by atoms with Crippen molar-refractivity contribution in [2.24, 2.45) is 0 Å². The van der Waals surface area contributed by atoms with Crippen LogP contribution in [0.5, 0.6) is 0 Å². The highest BCUT2D eigenvalue weighted by molar-refractivity contribution is 5.95. The van der Waals surface area contributed by atoms with Gasteiger partial charge in [-0.1, -0.05) is 29.8 Å². The lowest BCUT2D eigenvalue weighted by molar-refractivity contribution is -0.138. The van der Waals surface area contributed by atoms with Gasteiger partial charge in [0.05, 0.1) is 42.4 Å². The highest BCUT2D eigenvalue weighted by Crippen LogP contribution is 2.39. The van der Waals surface area contributed by atoms with Crippen LogP contribution in [0.25, 0.3) is 11.0 Å². The number of carbonyl (C=O) groups is 2. The zero-order chi connectivity index (χ0) is 25.4. The van der Waals surface area contributed by atoms with Gasteiger partial charge in [0.15, 0.2) is 0 Å². The minimum absolute atomic E-state index is 0.0217. The lowest BCUT2D eigenvalue weighted by Crippen LogP contribution is -2.42. The van der Waals surface area contributed by atoms with E-state index in [1.165, 1.54) is 7.11 Å². The van der Waals surface area contributed by atoms with Crippen LogP contribution in [-0.2, 0) is 27.1 Å². The maximum atomic E-state index is 12.6. The SMILES string of the molecule is COC(=O)N1c2ccc3c(nc(CC(C(=O)O)c4cccc(C)c4)n3C3CCCOC3)c2CCC1C. The smallest absolute Gasteiger partial charge is 0.414 e. The summed E-state index contributed by atoms with van der Waals surface area (Å²) in [5, 5.41) is 10.2. The summed E-state index contributed by atoms with van der Waals surface area (Å²) in [5.41, 5.74) is 5.43. The summed E-state index contributed by atoms with van der Waals surface area (Å²) < 4.78 is 13.1. The van der Waals surface area contributed by atoms with Crippen LogP contribution in [0.4, 0.5) is 10.5 Å². The van der Waals surface area contributed by atoms with E-state index in [4.69, 9.17) is 14.5 Å². The average Bonchev–Trinajstić information content (AvgIpc) is 3.25. The minimum Gasteiger partial charge on any atom is -0.481 e. The number of nitrogens with zero attached hydrogens (tertiary/aromatic N) is 3. The topological polar surface area (TPSA) is 93.9 Å². The van der Waals surface area contributed by atoms with Gasteiger partial charge >= 0.3 is 12.1 Å². The van der Waals surface area contributed by atoms with Crippen LogP contribution in [0.3, 0.4) is 0 Å². The maximum absolute atomic E-state index is 12.6. The first kappa shape index (κ1) is 24.3. The number of imidazole rings is 1. The summed E-state index contributed by atoms with van der Waals surface area (Å²) in [6.07, 6.45) is 3.38. The fourth-order valence-electron chi connectivity index (χ4n) is 5.72. The molecule has 1 fully saturated rings. The molecule has 0 radical (unpaired) electrons. The van der Waals surface area contributed by atoms with E-state index in [9.17, 15) is 14.7 Å². The number of aliphatic carboxylic acids is 1. The van der Waals surface area contributed by atoms with Crippen molar-refractivity contribution >= 4 is 28.8 Å². The molecule has 0 bridgehead atoms. The molecule has 3 unspecified atom stereocenters. The highest BCUT2D eigenvalue weighted by atomic mass is 16.5. The fourth-order valence-corrected chi connectivity index (χ4v) is 5.72. The van der Waals surface area contributed by atoms with Crippen LogP contribution >= 0.6 is 0 Å². The van der Waals surface area contributed by atoms with E-state index in [0.29, 0.717) is 6.61 Å². The Morgan fingerprint density at radius 1 is 1.25 bits per heavy atom. The van der Waals surface area contributed by atoms with Crippen LogP contribution in [0.15, 0.2) is 36.4 Å². The molecule has 3 heterocycles. The van der Waals surface area contributed by atoms with E-state index < -0.39 is 11.9 Å². The lowest BCUT2D eigenvalue weighted by Gasteiger charge is -2.34. The van der Waals surface area contributed by atoms with Crippen molar-refractivity contribution in [3.8, 4) is 0 Å². The molecule has 190 valence electrons. The number of fused-ring (bicyclic) bond motifs is 3. The number of benzene rings is 2. The number of aryl methyl sites for hydroxylation is 2. The van der Waals surface area contributed by atoms with E-state index in [2.05, 4.69) is 4.57 Å². The van der Waals surface area contributed by atoms with Crippen molar-refractivity contribution in [3.05, 3.63) is 58.9 Å². The van der Waals surface area contributed by atoms with E-state index in [-0.39, 0.29) is 24.6 Å². The van der Waals surface area contributed by atoms with Gasteiger partial charge in [0, 0.05) is 24.6 Å². The lowest BCUT2D eigenvalue weighted by atomic mass is 9.94. The predicted molar refractivity (Wildman–Crippen MR) is 137 cm³/mol. The first-order chi connectivity index (χ1) is 17.4. The second-order valence-electron chi connectivity index (χ2n) is 9.94. The Kier molecular flexibility index (Phi) is 6.71. The summed E-state index contributed by atoms with van der Waals surface area (Å²) in [7, 11) is 1.40. The molecule has 3 aromatic rings. The second-order valence-corrected chi connectivity index (χ2v) is 9.94. The molecular formula is C28H33N3O5. The maximum Gasteiger partial charge on any atom is 0.414 e. The molecule has 36 heavy (non-hydrogen) atoms. The van der Waals surface area contributed by atoms with Gasteiger partial charge in [-0.2, -0.15) is 0 Å². The Bertz CT molecular complexity index is 1290. The third kappa shape index (κ3) is 4.34. The van der Waals surface area contributed by atoms with Crippen LogP contribution in [0, 0.1) is 6.92 Å². The van der Waals surface area contributed by atoms with Crippen molar-refractivity contribution in [1.82, 2.24) is 9.55 Å². The third-order valence-corrected chi connectivity index (χ3v) is 7.53. The molecule has 1 saturated heterocycles. The molecule has 8 heteroatoms. The Hall–Kier alpha value is -3.39. The van der Waals surface area contributed by atoms with Gasteiger partial charge < -0.3 is 19.1 Å². The molecule has 5 rings (SSSR count). The highest BCUT2D eigenvalue weighted by Gasteiger charge is 2.33. The summed E-state index contributed by atoms with van der Waals surface area (Å²) in [6.45, 7) is 5.30.